The summed E-state index contributed by atoms with van der Waals surface area (Å²) < 4.78 is 5.57. The molecule has 92 valence electrons. The fourth-order valence-electron chi connectivity index (χ4n) is 2.01. The predicted molar refractivity (Wildman–Crippen MR) is 63.4 cm³/mol. The maximum atomic E-state index is 11.1. The number of carboxylic acids is 1. The Hall–Kier alpha value is -1.62. The Labute approximate surface area is 100 Å². The molecule has 17 heavy (non-hydrogen) atoms. The van der Waals surface area contributed by atoms with Gasteiger partial charge in [-0.25, -0.2) is 4.79 Å². The molecule has 5 heteroatoms. The van der Waals surface area contributed by atoms with Crippen LogP contribution in [-0.2, 0) is 4.74 Å². The number of ether oxygens (including phenoxy) is 1. The van der Waals surface area contributed by atoms with Gasteiger partial charge in [-0.2, -0.15) is 0 Å². The molecule has 0 spiro atoms. The molecule has 0 aliphatic carbocycles. The van der Waals surface area contributed by atoms with E-state index < -0.39 is 5.97 Å². The first-order valence-electron chi connectivity index (χ1n) is 5.76. The van der Waals surface area contributed by atoms with Gasteiger partial charge in [0.15, 0.2) is 0 Å². The summed E-state index contributed by atoms with van der Waals surface area (Å²) in [4.78, 5) is 17.0. The van der Waals surface area contributed by atoms with Crippen LogP contribution in [0.1, 0.15) is 23.7 Å². The Morgan fingerprint density at radius 2 is 2.53 bits per heavy atom. The third kappa shape index (κ3) is 2.55. The largest absolute Gasteiger partial charge is 0.478 e. The highest BCUT2D eigenvalue weighted by Crippen LogP contribution is 2.22. The number of aromatic carboxylic acids is 1. The van der Waals surface area contributed by atoms with Crippen molar-refractivity contribution in [3.05, 3.63) is 24.0 Å². The van der Waals surface area contributed by atoms with Crippen molar-refractivity contribution < 1.29 is 14.6 Å². The summed E-state index contributed by atoms with van der Waals surface area (Å²) in [6.45, 7) is 4.17. The maximum absolute atomic E-state index is 11.1. The zero-order valence-corrected chi connectivity index (χ0v) is 9.80. The normalized spacial score (nSPS) is 20.3. The van der Waals surface area contributed by atoms with E-state index in [2.05, 4.69) is 16.8 Å². The quantitative estimate of drug-likeness (QED) is 0.859. The fourth-order valence-corrected chi connectivity index (χ4v) is 2.01. The average Bonchev–Trinajstić information content (AvgIpc) is 2.39. The maximum Gasteiger partial charge on any atom is 0.339 e. The van der Waals surface area contributed by atoms with Crippen molar-refractivity contribution in [1.29, 1.82) is 0 Å². The van der Waals surface area contributed by atoms with Gasteiger partial charge in [0.25, 0.3) is 0 Å². The average molecular weight is 236 g/mol. The van der Waals surface area contributed by atoms with E-state index in [0.29, 0.717) is 6.61 Å². The number of nitrogens with zero attached hydrogens (tertiary/aromatic N) is 2. The molecule has 1 atom stereocenters. The molecule has 1 unspecified atom stereocenters. The summed E-state index contributed by atoms with van der Waals surface area (Å²) in [6, 6.07) is 1.75. The molecule has 1 fully saturated rings. The van der Waals surface area contributed by atoms with Crippen molar-refractivity contribution in [2.75, 3.05) is 24.6 Å². The van der Waals surface area contributed by atoms with Crippen LogP contribution in [0, 0.1) is 0 Å². The highest BCUT2D eigenvalue weighted by atomic mass is 16.5. The Morgan fingerprint density at radius 1 is 1.71 bits per heavy atom. The van der Waals surface area contributed by atoms with Crippen LogP contribution in [-0.4, -0.2) is 41.9 Å². The lowest BCUT2D eigenvalue weighted by atomic mass is 10.1. The molecule has 0 radical (unpaired) electrons. The second-order valence-electron chi connectivity index (χ2n) is 4.05. The highest BCUT2D eigenvalue weighted by Gasteiger charge is 2.22. The van der Waals surface area contributed by atoms with Crippen LogP contribution in [0.15, 0.2) is 18.5 Å². The first kappa shape index (κ1) is 11.9. The zero-order chi connectivity index (χ0) is 12.3. The van der Waals surface area contributed by atoms with E-state index in [1.165, 1.54) is 6.20 Å². The number of pyridine rings is 1. The fraction of sp³-hybridized carbons (Fsp3) is 0.500. The van der Waals surface area contributed by atoms with Gasteiger partial charge in [0.1, 0.15) is 5.56 Å². The van der Waals surface area contributed by atoms with Crippen LogP contribution in [0.2, 0.25) is 0 Å². The number of morpholine rings is 1. The van der Waals surface area contributed by atoms with Crippen LogP contribution in [0.4, 0.5) is 5.69 Å². The van der Waals surface area contributed by atoms with Gasteiger partial charge in [0.2, 0.25) is 0 Å². The number of hydrogen-bond acceptors (Lipinski definition) is 4. The van der Waals surface area contributed by atoms with E-state index in [-0.39, 0.29) is 11.7 Å². The van der Waals surface area contributed by atoms with Gasteiger partial charge < -0.3 is 14.7 Å². The number of aromatic nitrogens is 1. The van der Waals surface area contributed by atoms with Crippen molar-refractivity contribution in [2.24, 2.45) is 0 Å². The zero-order valence-electron chi connectivity index (χ0n) is 9.80. The van der Waals surface area contributed by atoms with E-state index in [0.717, 1.165) is 25.2 Å². The van der Waals surface area contributed by atoms with Gasteiger partial charge in [0, 0.05) is 25.5 Å². The molecule has 1 saturated heterocycles. The predicted octanol–water partition coefficient (Wildman–Crippen LogP) is 1.40. The van der Waals surface area contributed by atoms with Gasteiger partial charge in [-0.3, -0.25) is 4.98 Å². The summed E-state index contributed by atoms with van der Waals surface area (Å²) in [5.41, 5.74) is 0.985. The SMILES string of the molecule is CCC1CN(c2ccncc2C(=O)O)CCO1. The van der Waals surface area contributed by atoms with Crippen LogP contribution in [0.3, 0.4) is 0 Å². The Kier molecular flexibility index (Phi) is 3.58. The molecular weight excluding hydrogens is 220 g/mol. The van der Waals surface area contributed by atoms with E-state index in [1.807, 2.05) is 0 Å². The summed E-state index contributed by atoms with van der Waals surface area (Å²) in [7, 11) is 0. The van der Waals surface area contributed by atoms with Crippen molar-refractivity contribution in [1.82, 2.24) is 4.98 Å². The second kappa shape index (κ2) is 5.14. The minimum Gasteiger partial charge on any atom is -0.478 e. The lowest BCUT2D eigenvalue weighted by Gasteiger charge is -2.34. The van der Waals surface area contributed by atoms with E-state index >= 15 is 0 Å². The van der Waals surface area contributed by atoms with Gasteiger partial charge in [0.05, 0.1) is 18.4 Å². The molecule has 2 rings (SSSR count). The van der Waals surface area contributed by atoms with Crippen LogP contribution in [0.25, 0.3) is 0 Å². The van der Waals surface area contributed by atoms with Gasteiger partial charge in [-0.1, -0.05) is 6.92 Å². The van der Waals surface area contributed by atoms with E-state index in [9.17, 15) is 4.79 Å². The molecule has 1 N–H and O–H groups in total. The summed E-state index contributed by atoms with van der Waals surface area (Å²) >= 11 is 0. The summed E-state index contributed by atoms with van der Waals surface area (Å²) in [6.07, 6.45) is 4.13. The summed E-state index contributed by atoms with van der Waals surface area (Å²) in [5.74, 6) is -0.937. The minimum absolute atomic E-state index is 0.179. The number of carboxylic acid groups (broad SMARTS) is 1. The van der Waals surface area contributed by atoms with Crippen LogP contribution in [0.5, 0.6) is 0 Å². The third-order valence-electron chi connectivity index (χ3n) is 2.96. The molecule has 1 aliphatic heterocycles. The van der Waals surface area contributed by atoms with E-state index in [4.69, 9.17) is 9.84 Å². The van der Waals surface area contributed by atoms with Crippen LogP contribution >= 0.6 is 0 Å². The molecular formula is C12H16N2O3. The van der Waals surface area contributed by atoms with Crippen LogP contribution < -0.4 is 4.90 Å². The van der Waals surface area contributed by atoms with Crippen molar-refractivity contribution in [3.63, 3.8) is 0 Å². The van der Waals surface area contributed by atoms with Gasteiger partial charge >= 0.3 is 5.97 Å². The molecule has 5 nitrogen and oxygen atoms in total. The lowest BCUT2D eigenvalue weighted by molar-refractivity contribution is 0.0382. The lowest BCUT2D eigenvalue weighted by Crippen LogP contribution is -2.42. The molecule has 1 aliphatic rings. The number of anilines is 1. The molecule has 0 bridgehead atoms. The molecule has 0 saturated carbocycles. The van der Waals surface area contributed by atoms with Crippen molar-refractivity contribution in [2.45, 2.75) is 19.4 Å². The molecule has 0 aromatic carbocycles. The van der Waals surface area contributed by atoms with Gasteiger partial charge in [-0.05, 0) is 12.5 Å². The van der Waals surface area contributed by atoms with E-state index in [1.54, 1.807) is 12.3 Å². The number of hydrogen-bond donors (Lipinski definition) is 1. The Balaban J connectivity index is 2.24. The Morgan fingerprint density at radius 3 is 3.24 bits per heavy atom. The number of carbonyl (C=O) groups is 1. The smallest absolute Gasteiger partial charge is 0.339 e. The first-order chi connectivity index (χ1) is 8.22. The molecule has 2 heterocycles. The van der Waals surface area contributed by atoms with Gasteiger partial charge in [-0.15, -0.1) is 0 Å². The topological polar surface area (TPSA) is 62.7 Å². The summed E-state index contributed by atoms with van der Waals surface area (Å²) in [5, 5.41) is 9.12. The molecule has 1 aromatic heterocycles. The number of rotatable bonds is 3. The first-order valence-corrected chi connectivity index (χ1v) is 5.76. The molecule has 0 amide bonds. The third-order valence-corrected chi connectivity index (χ3v) is 2.96. The highest BCUT2D eigenvalue weighted by molar-refractivity contribution is 5.94. The second-order valence-corrected chi connectivity index (χ2v) is 4.05. The Bertz CT molecular complexity index is 408. The minimum atomic E-state index is -0.937. The standard InChI is InChI=1S/C12H16N2O3/c1-2-9-8-14(5-6-17-9)11-3-4-13-7-10(11)12(15)16/h3-4,7,9H,2,5-6,8H2,1H3,(H,15,16). The molecule has 1 aromatic rings. The van der Waals surface area contributed by atoms with Crippen molar-refractivity contribution >= 4 is 11.7 Å². The monoisotopic (exact) mass is 236 g/mol. The van der Waals surface area contributed by atoms with Crippen molar-refractivity contribution in [3.8, 4) is 0 Å².